The normalized spacial score (nSPS) is 13.7. The van der Waals surface area contributed by atoms with E-state index in [1.807, 2.05) is 20.8 Å². The molecule has 0 fully saturated rings. The van der Waals surface area contributed by atoms with Crippen molar-refractivity contribution < 1.29 is 14.3 Å². The second-order valence-electron chi connectivity index (χ2n) is 4.55. The Labute approximate surface area is 125 Å². The van der Waals surface area contributed by atoms with Crippen LogP contribution in [0.4, 0.5) is 5.69 Å². The highest BCUT2D eigenvalue weighted by atomic mass is 35.5. The summed E-state index contributed by atoms with van der Waals surface area (Å²) in [5.41, 5.74) is -0.206. The first-order valence-corrected chi connectivity index (χ1v) is 7.22. The van der Waals surface area contributed by atoms with E-state index < -0.39 is 5.60 Å². The molecule has 0 saturated heterocycles. The van der Waals surface area contributed by atoms with Gasteiger partial charge in [0, 0.05) is 12.3 Å². The lowest BCUT2D eigenvalue weighted by Gasteiger charge is -2.26. The second-order valence-corrected chi connectivity index (χ2v) is 4.96. The van der Waals surface area contributed by atoms with Gasteiger partial charge in [0.15, 0.2) is 0 Å². The lowest BCUT2D eigenvalue weighted by Crippen LogP contribution is -2.42. The van der Waals surface area contributed by atoms with Crippen molar-refractivity contribution >= 4 is 23.2 Å². The number of halogens is 1. The third-order valence-corrected chi connectivity index (χ3v) is 3.40. The molecule has 0 unspecified atom stereocenters. The first kappa shape index (κ1) is 16.8. The SMILES string of the molecule is CCOc1ccc(NC(=O)[C@@](C)(CC)OCC)cc1Cl. The van der Waals surface area contributed by atoms with Gasteiger partial charge in [-0.05, 0) is 45.4 Å². The van der Waals surface area contributed by atoms with Gasteiger partial charge in [0.2, 0.25) is 0 Å². The Morgan fingerprint density at radius 2 is 2.00 bits per heavy atom. The van der Waals surface area contributed by atoms with Gasteiger partial charge in [-0.3, -0.25) is 4.79 Å². The first-order valence-electron chi connectivity index (χ1n) is 6.84. The molecule has 0 heterocycles. The maximum Gasteiger partial charge on any atom is 0.256 e. The Balaban J connectivity index is 2.82. The Bertz CT molecular complexity index is 464. The third-order valence-electron chi connectivity index (χ3n) is 3.11. The smallest absolute Gasteiger partial charge is 0.256 e. The fourth-order valence-corrected chi connectivity index (χ4v) is 2.00. The number of carbonyl (C=O) groups is 1. The van der Waals surface area contributed by atoms with Gasteiger partial charge in [-0.25, -0.2) is 0 Å². The average Bonchev–Trinajstić information content (AvgIpc) is 2.42. The molecule has 20 heavy (non-hydrogen) atoms. The van der Waals surface area contributed by atoms with Crippen LogP contribution in [0, 0.1) is 0 Å². The van der Waals surface area contributed by atoms with E-state index in [0.29, 0.717) is 36.1 Å². The number of anilines is 1. The molecular formula is C15H22ClNO3. The number of rotatable bonds is 7. The minimum absolute atomic E-state index is 0.179. The van der Waals surface area contributed by atoms with E-state index >= 15 is 0 Å². The summed E-state index contributed by atoms with van der Waals surface area (Å²) in [4.78, 5) is 12.3. The Hall–Kier alpha value is -1.26. The maximum absolute atomic E-state index is 12.3. The molecule has 1 N–H and O–H groups in total. The summed E-state index contributed by atoms with van der Waals surface area (Å²) in [5.74, 6) is 0.428. The molecule has 0 aliphatic heterocycles. The molecule has 0 saturated carbocycles. The zero-order valence-corrected chi connectivity index (χ0v) is 13.2. The largest absolute Gasteiger partial charge is 0.492 e. The summed E-state index contributed by atoms with van der Waals surface area (Å²) in [6, 6.07) is 5.18. The van der Waals surface area contributed by atoms with E-state index in [-0.39, 0.29) is 5.91 Å². The summed E-state index contributed by atoms with van der Waals surface area (Å²) >= 11 is 6.09. The van der Waals surface area contributed by atoms with Crippen LogP contribution in [0.3, 0.4) is 0 Å². The molecular weight excluding hydrogens is 278 g/mol. The zero-order chi connectivity index (χ0) is 15.2. The van der Waals surface area contributed by atoms with Gasteiger partial charge in [-0.2, -0.15) is 0 Å². The monoisotopic (exact) mass is 299 g/mol. The number of hydrogen-bond donors (Lipinski definition) is 1. The highest BCUT2D eigenvalue weighted by Crippen LogP contribution is 2.28. The van der Waals surface area contributed by atoms with Gasteiger partial charge >= 0.3 is 0 Å². The van der Waals surface area contributed by atoms with Crippen LogP contribution in [0.15, 0.2) is 18.2 Å². The van der Waals surface area contributed by atoms with E-state index in [1.165, 1.54) is 0 Å². The molecule has 0 spiro atoms. The highest BCUT2D eigenvalue weighted by molar-refractivity contribution is 6.32. The minimum atomic E-state index is -0.834. The molecule has 0 bridgehead atoms. The fraction of sp³-hybridized carbons (Fsp3) is 0.533. The lowest BCUT2D eigenvalue weighted by atomic mass is 10.0. The van der Waals surface area contributed by atoms with Crippen LogP contribution in [-0.2, 0) is 9.53 Å². The van der Waals surface area contributed by atoms with E-state index in [1.54, 1.807) is 25.1 Å². The number of carbonyl (C=O) groups excluding carboxylic acids is 1. The van der Waals surface area contributed by atoms with Crippen molar-refractivity contribution in [3.05, 3.63) is 23.2 Å². The van der Waals surface area contributed by atoms with Gasteiger partial charge in [0.25, 0.3) is 5.91 Å². The molecule has 1 aromatic carbocycles. The summed E-state index contributed by atoms with van der Waals surface area (Å²) < 4.78 is 10.9. The zero-order valence-electron chi connectivity index (χ0n) is 12.5. The Morgan fingerprint density at radius 1 is 1.30 bits per heavy atom. The molecule has 4 nitrogen and oxygen atoms in total. The number of benzene rings is 1. The minimum Gasteiger partial charge on any atom is -0.492 e. The van der Waals surface area contributed by atoms with Crippen molar-refractivity contribution in [2.24, 2.45) is 0 Å². The number of nitrogens with one attached hydrogen (secondary N) is 1. The maximum atomic E-state index is 12.3. The summed E-state index contributed by atoms with van der Waals surface area (Å²) in [7, 11) is 0. The molecule has 5 heteroatoms. The second kappa shape index (κ2) is 7.50. The van der Waals surface area contributed by atoms with Crippen LogP contribution in [0.1, 0.15) is 34.1 Å². The van der Waals surface area contributed by atoms with Gasteiger partial charge in [0.05, 0.1) is 11.6 Å². The molecule has 0 radical (unpaired) electrons. The van der Waals surface area contributed by atoms with Gasteiger partial charge < -0.3 is 14.8 Å². The first-order chi connectivity index (χ1) is 9.46. The average molecular weight is 300 g/mol. The lowest BCUT2D eigenvalue weighted by molar-refractivity contribution is -0.139. The van der Waals surface area contributed by atoms with Crippen LogP contribution in [0.25, 0.3) is 0 Å². The van der Waals surface area contributed by atoms with E-state index in [4.69, 9.17) is 21.1 Å². The van der Waals surface area contributed by atoms with Crippen molar-refractivity contribution in [1.82, 2.24) is 0 Å². The molecule has 0 aliphatic carbocycles. The van der Waals surface area contributed by atoms with Crippen molar-refractivity contribution in [3.8, 4) is 5.75 Å². The standard InChI is InChI=1S/C15H22ClNO3/c1-5-15(4,20-7-3)14(18)17-11-8-9-13(19-6-2)12(16)10-11/h8-10H,5-7H2,1-4H3,(H,17,18)/t15-/m1/s1. The van der Waals surface area contributed by atoms with Crippen molar-refractivity contribution in [1.29, 1.82) is 0 Å². The van der Waals surface area contributed by atoms with Crippen LogP contribution in [0.5, 0.6) is 5.75 Å². The molecule has 112 valence electrons. The van der Waals surface area contributed by atoms with Crippen LogP contribution in [-0.4, -0.2) is 24.7 Å². The van der Waals surface area contributed by atoms with Gasteiger partial charge in [-0.15, -0.1) is 0 Å². The van der Waals surface area contributed by atoms with Crippen molar-refractivity contribution in [2.45, 2.75) is 39.7 Å². The molecule has 1 rings (SSSR count). The molecule has 1 atom stereocenters. The summed E-state index contributed by atoms with van der Waals surface area (Å²) in [6.45, 7) is 8.49. The number of hydrogen-bond acceptors (Lipinski definition) is 3. The number of ether oxygens (including phenoxy) is 2. The quantitative estimate of drug-likeness (QED) is 0.831. The van der Waals surface area contributed by atoms with Crippen molar-refractivity contribution in [2.75, 3.05) is 18.5 Å². The summed E-state index contributed by atoms with van der Waals surface area (Å²) in [5, 5.41) is 3.30. The van der Waals surface area contributed by atoms with Gasteiger partial charge in [-0.1, -0.05) is 18.5 Å². The van der Waals surface area contributed by atoms with Crippen LogP contribution in [0.2, 0.25) is 5.02 Å². The van der Waals surface area contributed by atoms with Gasteiger partial charge in [0.1, 0.15) is 11.4 Å². The van der Waals surface area contributed by atoms with Crippen molar-refractivity contribution in [3.63, 3.8) is 0 Å². The Kier molecular flexibility index (Phi) is 6.30. The van der Waals surface area contributed by atoms with E-state index in [0.717, 1.165) is 0 Å². The summed E-state index contributed by atoms with van der Waals surface area (Å²) in [6.07, 6.45) is 0.595. The topological polar surface area (TPSA) is 47.6 Å². The Morgan fingerprint density at radius 3 is 2.50 bits per heavy atom. The predicted molar refractivity (Wildman–Crippen MR) is 81.6 cm³/mol. The highest BCUT2D eigenvalue weighted by Gasteiger charge is 2.31. The molecule has 1 aromatic rings. The predicted octanol–water partition coefficient (Wildman–Crippen LogP) is 3.88. The molecule has 0 aromatic heterocycles. The fourth-order valence-electron chi connectivity index (χ4n) is 1.76. The number of amides is 1. The van der Waals surface area contributed by atoms with E-state index in [9.17, 15) is 4.79 Å². The molecule has 1 amide bonds. The van der Waals surface area contributed by atoms with E-state index in [2.05, 4.69) is 5.32 Å². The third kappa shape index (κ3) is 4.12. The molecule has 0 aliphatic rings. The van der Waals surface area contributed by atoms with Crippen LogP contribution < -0.4 is 10.1 Å². The van der Waals surface area contributed by atoms with Crippen LogP contribution >= 0.6 is 11.6 Å².